The summed E-state index contributed by atoms with van der Waals surface area (Å²) >= 11 is 0. The van der Waals surface area contributed by atoms with E-state index in [1.165, 1.54) is 18.0 Å². The molecule has 0 aliphatic rings. The number of nitrogens with zero attached hydrogens (tertiary/aromatic N) is 1. The van der Waals surface area contributed by atoms with Crippen molar-refractivity contribution in [3.8, 4) is 0 Å². The Balaban J connectivity index is 2.27. The fourth-order valence-electron chi connectivity index (χ4n) is 2.67. The van der Waals surface area contributed by atoms with Crippen LogP contribution in [-0.4, -0.2) is 29.8 Å². The first-order valence-corrected chi connectivity index (χ1v) is 8.23. The summed E-state index contributed by atoms with van der Waals surface area (Å²) in [7, 11) is 1.52. The molecule has 2 aromatic carbocycles. The minimum atomic E-state index is -0.693. The fraction of sp³-hybridized carbons (Fsp3) is 0.300. The van der Waals surface area contributed by atoms with Crippen LogP contribution in [0.2, 0.25) is 0 Å². The molecule has 4 nitrogen and oxygen atoms in total. The molecule has 0 radical (unpaired) electrons. The van der Waals surface area contributed by atoms with Crippen molar-refractivity contribution in [3.05, 3.63) is 71.0 Å². The van der Waals surface area contributed by atoms with Gasteiger partial charge < -0.3 is 10.2 Å². The summed E-state index contributed by atoms with van der Waals surface area (Å²) in [6, 6.07) is 13.2. The molecule has 0 saturated carbocycles. The molecular formula is C20H23FN2O2. The lowest BCUT2D eigenvalue weighted by molar-refractivity contribution is -0.139. The summed E-state index contributed by atoms with van der Waals surface area (Å²) in [5.41, 5.74) is 2.29. The van der Waals surface area contributed by atoms with Gasteiger partial charge in [-0.2, -0.15) is 0 Å². The Bertz CT molecular complexity index is 761. The first-order valence-electron chi connectivity index (χ1n) is 8.23. The van der Waals surface area contributed by atoms with Gasteiger partial charge in [0.05, 0.1) is 6.42 Å². The number of carbonyl (C=O) groups excluding carboxylic acids is 2. The molecule has 0 unspecified atom stereocenters. The molecule has 0 bridgehead atoms. The maximum Gasteiger partial charge on any atom is 0.242 e. The standard InChI is InChI=1S/C20H23FN2O2/c1-14-8-4-5-9-16(14)12-19(24)23(15(2)20(25)22-3)13-17-10-6-7-11-18(17)21/h4-11,15H,12-13H2,1-3H3,(H,22,25)/t15-/m1/s1. The van der Waals surface area contributed by atoms with Gasteiger partial charge in [0.1, 0.15) is 11.9 Å². The van der Waals surface area contributed by atoms with Gasteiger partial charge in [-0.15, -0.1) is 0 Å². The molecule has 0 aliphatic carbocycles. The second kappa shape index (κ2) is 8.42. The number of likely N-dealkylation sites (N-methyl/N-ethyl adjacent to an activating group) is 1. The molecule has 0 aliphatic heterocycles. The van der Waals surface area contributed by atoms with Gasteiger partial charge in [0.25, 0.3) is 0 Å². The normalized spacial score (nSPS) is 11.7. The number of aryl methyl sites for hydroxylation is 1. The number of benzene rings is 2. The van der Waals surface area contributed by atoms with Crippen molar-refractivity contribution < 1.29 is 14.0 Å². The van der Waals surface area contributed by atoms with Crippen LogP contribution < -0.4 is 5.32 Å². The quantitative estimate of drug-likeness (QED) is 0.878. The Morgan fingerprint density at radius 2 is 1.68 bits per heavy atom. The lowest BCUT2D eigenvalue weighted by Gasteiger charge is -2.28. The summed E-state index contributed by atoms with van der Waals surface area (Å²) in [4.78, 5) is 26.3. The Morgan fingerprint density at radius 3 is 2.28 bits per heavy atom. The summed E-state index contributed by atoms with van der Waals surface area (Å²) in [5, 5.41) is 2.55. The fourth-order valence-corrected chi connectivity index (χ4v) is 2.67. The van der Waals surface area contributed by atoms with E-state index in [1.54, 1.807) is 25.1 Å². The molecule has 5 heteroatoms. The average Bonchev–Trinajstić information content (AvgIpc) is 2.61. The highest BCUT2D eigenvalue weighted by Gasteiger charge is 2.26. The number of nitrogens with one attached hydrogen (secondary N) is 1. The van der Waals surface area contributed by atoms with Crippen molar-refractivity contribution in [3.63, 3.8) is 0 Å². The molecule has 2 amide bonds. The van der Waals surface area contributed by atoms with Crippen molar-refractivity contribution >= 4 is 11.8 Å². The molecule has 0 saturated heterocycles. The maximum absolute atomic E-state index is 14.0. The monoisotopic (exact) mass is 342 g/mol. The van der Waals surface area contributed by atoms with Crippen LogP contribution in [0.25, 0.3) is 0 Å². The van der Waals surface area contributed by atoms with E-state index >= 15 is 0 Å². The third-order valence-electron chi connectivity index (χ3n) is 4.32. The molecule has 2 aromatic rings. The lowest BCUT2D eigenvalue weighted by Crippen LogP contribution is -2.47. The Hall–Kier alpha value is -2.69. The summed E-state index contributed by atoms with van der Waals surface area (Å²) in [5.74, 6) is -0.886. The number of amides is 2. The van der Waals surface area contributed by atoms with Crippen molar-refractivity contribution in [2.24, 2.45) is 0 Å². The van der Waals surface area contributed by atoms with E-state index in [9.17, 15) is 14.0 Å². The van der Waals surface area contributed by atoms with Gasteiger partial charge >= 0.3 is 0 Å². The van der Waals surface area contributed by atoms with Crippen molar-refractivity contribution in [2.45, 2.75) is 32.9 Å². The number of carbonyl (C=O) groups is 2. The number of hydrogen-bond acceptors (Lipinski definition) is 2. The minimum Gasteiger partial charge on any atom is -0.357 e. The summed E-state index contributed by atoms with van der Waals surface area (Å²) in [6.07, 6.45) is 0.169. The van der Waals surface area contributed by atoms with Crippen molar-refractivity contribution in [1.29, 1.82) is 0 Å². The van der Waals surface area contributed by atoms with Crippen LogP contribution in [0.1, 0.15) is 23.6 Å². The Labute approximate surface area is 147 Å². The molecule has 0 aromatic heterocycles. The summed E-state index contributed by atoms with van der Waals surface area (Å²) in [6.45, 7) is 3.63. The topological polar surface area (TPSA) is 49.4 Å². The van der Waals surface area contributed by atoms with Crippen LogP contribution >= 0.6 is 0 Å². The van der Waals surface area contributed by atoms with Gasteiger partial charge in [0.2, 0.25) is 11.8 Å². The van der Waals surface area contributed by atoms with Crippen LogP contribution in [0.15, 0.2) is 48.5 Å². The molecule has 132 valence electrons. The second-order valence-electron chi connectivity index (χ2n) is 6.01. The third-order valence-corrected chi connectivity index (χ3v) is 4.32. The highest BCUT2D eigenvalue weighted by Crippen LogP contribution is 2.16. The van der Waals surface area contributed by atoms with Gasteiger partial charge in [0.15, 0.2) is 0 Å². The molecule has 25 heavy (non-hydrogen) atoms. The van der Waals surface area contributed by atoms with E-state index in [1.807, 2.05) is 31.2 Å². The van der Waals surface area contributed by atoms with E-state index in [0.29, 0.717) is 5.56 Å². The van der Waals surface area contributed by atoms with Crippen LogP contribution in [0.5, 0.6) is 0 Å². The zero-order valence-electron chi connectivity index (χ0n) is 14.8. The van der Waals surface area contributed by atoms with Gasteiger partial charge in [-0.25, -0.2) is 4.39 Å². The smallest absolute Gasteiger partial charge is 0.242 e. The predicted octanol–water partition coefficient (Wildman–Crippen LogP) is 2.84. The molecule has 0 heterocycles. The first-order chi connectivity index (χ1) is 11.9. The maximum atomic E-state index is 14.0. The van der Waals surface area contributed by atoms with E-state index in [2.05, 4.69) is 5.32 Å². The van der Waals surface area contributed by atoms with E-state index < -0.39 is 6.04 Å². The summed E-state index contributed by atoms with van der Waals surface area (Å²) < 4.78 is 14.0. The van der Waals surface area contributed by atoms with Gasteiger partial charge in [-0.05, 0) is 31.0 Å². The van der Waals surface area contributed by atoms with Gasteiger partial charge in [-0.3, -0.25) is 9.59 Å². The second-order valence-corrected chi connectivity index (χ2v) is 6.01. The number of hydrogen-bond donors (Lipinski definition) is 1. The highest BCUT2D eigenvalue weighted by molar-refractivity contribution is 5.88. The lowest BCUT2D eigenvalue weighted by atomic mass is 10.0. The van der Waals surface area contributed by atoms with Crippen LogP contribution in [0, 0.1) is 12.7 Å². The Morgan fingerprint density at radius 1 is 1.08 bits per heavy atom. The van der Waals surface area contributed by atoms with Gasteiger partial charge in [-0.1, -0.05) is 42.5 Å². The third kappa shape index (κ3) is 4.66. The van der Waals surface area contributed by atoms with Crippen molar-refractivity contribution in [2.75, 3.05) is 7.05 Å². The molecule has 2 rings (SSSR count). The van der Waals surface area contributed by atoms with Gasteiger partial charge in [0, 0.05) is 19.2 Å². The van der Waals surface area contributed by atoms with Crippen molar-refractivity contribution in [1.82, 2.24) is 10.2 Å². The zero-order chi connectivity index (χ0) is 18.4. The SMILES string of the molecule is CNC(=O)[C@@H](C)N(Cc1ccccc1F)C(=O)Cc1ccccc1C. The van der Waals surface area contributed by atoms with Crippen LogP contribution in [0.3, 0.4) is 0 Å². The van der Waals surface area contributed by atoms with Crippen LogP contribution in [0.4, 0.5) is 4.39 Å². The highest BCUT2D eigenvalue weighted by atomic mass is 19.1. The molecular weight excluding hydrogens is 319 g/mol. The average molecular weight is 342 g/mol. The number of halogens is 1. The first kappa shape index (κ1) is 18.6. The predicted molar refractivity (Wildman–Crippen MR) is 95.4 cm³/mol. The largest absolute Gasteiger partial charge is 0.357 e. The minimum absolute atomic E-state index is 0.0476. The molecule has 0 fully saturated rings. The zero-order valence-corrected chi connectivity index (χ0v) is 14.8. The Kier molecular flexibility index (Phi) is 6.28. The number of rotatable bonds is 6. The van der Waals surface area contributed by atoms with E-state index in [0.717, 1.165) is 11.1 Å². The van der Waals surface area contributed by atoms with E-state index in [4.69, 9.17) is 0 Å². The molecule has 1 atom stereocenters. The van der Waals surface area contributed by atoms with E-state index in [-0.39, 0.29) is 30.6 Å². The molecule has 1 N–H and O–H groups in total. The van der Waals surface area contributed by atoms with Crippen LogP contribution in [-0.2, 0) is 22.6 Å². The molecule has 0 spiro atoms.